The van der Waals surface area contributed by atoms with E-state index in [1.165, 1.54) is 13.0 Å². The van der Waals surface area contributed by atoms with Gasteiger partial charge in [-0.3, -0.25) is 9.36 Å². The Morgan fingerprint density at radius 2 is 1.91 bits per heavy atom. The van der Waals surface area contributed by atoms with Gasteiger partial charge in [0.05, 0.1) is 17.7 Å². The van der Waals surface area contributed by atoms with E-state index >= 15 is 8.78 Å². The highest BCUT2D eigenvalue weighted by atomic mass is 35.5. The molecule has 1 aliphatic rings. The number of halogens is 5. The van der Waals surface area contributed by atoms with Gasteiger partial charge in [0.15, 0.2) is 11.7 Å². The van der Waals surface area contributed by atoms with Crippen molar-refractivity contribution >= 4 is 52.6 Å². The van der Waals surface area contributed by atoms with Crippen molar-refractivity contribution in [2.45, 2.75) is 63.2 Å². The van der Waals surface area contributed by atoms with Crippen molar-refractivity contribution in [1.82, 2.24) is 14.6 Å². The van der Waals surface area contributed by atoms with Gasteiger partial charge in [-0.05, 0) is 44.0 Å². The molecule has 5 unspecified atom stereocenters. The van der Waals surface area contributed by atoms with Gasteiger partial charge >= 0.3 is 24.2 Å². The standard InChI is InChI=1S/C26H28ClF4N4O7PS/c1-13(2)40-20(36)14(3)34-43(44,42-18-10-6-8-15-7-4-5-9-16(15)18)39-12-25(22(28)29)21(37)26(30,31)23(41-25)35-11-17(27)19(32)33-24(35)38/h4-11,13-14,21-23,37H,12H2,1-3H3,(H,34,44)(H2,32,33,38). The third kappa shape index (κ3) is 6.71. The van der Waals surface area contributed by atoms with Crippen LogP contribution in [0.5, 0.6) is 5.75 Å². The SMILES string of the molecule is CC(C)OC(=O)C(C)NP(=S)(OCC1(C(F)F)OC(n2cc(Cl)c(N)nc2=O)C(F)(F)C1O)Oc1cccc2ccccc12. The highest BCUT2D eigenvalue weighted by Crippen LogP contribution is 2.54. The average Bonchev–Trinajstić information content (AvgIpc) is 3.15. The normalized spacial score (nSPS) is 23.5. The Labute approximate surface area is 258 Å². The van der Waals surface area contributed by atoms with E-state index < -0.39 is 78.2 Å². The highest BCUT2D eigenvalue weighted by Gasteiger charge is 2.71. The van der Waals surface area contributed by atoms with Crippen LogP contribution in [0.4, 0.5) is 23.4 Å². The van der Waals surface area contributed by atoms with Gasteiger partial charge in [0, 0.05) is 11.6 Å². The minimum absolute atomic E-state index is 0.125. The third-order valence-electron chi connectivity index (χ3n) is 6.53. The number of nitrogens with zero attached hydrogens (tertiary/aromatic N) is 2. The van der Waals surface area contributed by atoms with Crippen LogP contribution in [0.15, 0.2) is 53.5 Å². The summed E-state index contributed by atoms with van der Waals surface area (Å²) in [5.41, 5.74) is 0.578. The molecule has 5 atom stereocenters. The monoisotopic (exact) mass is 682 g/mol. The summed E-state index contributed by atoms with van der Waals surface area (Å²) in [6, 6.07) is 10.6. The van der Waals surface area contributed by atoms with Crippen LogP contribution in [-0.4, -0.2) is 63.4 Å². The highest BCUT2D eigenvalue weighted by molar-refractivity contribution is 8.09. The van der Waals surface area contributed by atoms with Crippen molar-refractivity contribution in [3.63, 3.8) is 0 Å². The van der Waals surface area contributed by atoms with Crippen LogP contribution in [-0.2, 0) is 30.6 Å². The number of hydrogen-bond donors (Lipinski definition) is 3. The molecular formula is C26H28ClF4N4O7PS. The van der Waals surface area contributed by atoms with E-state index in [1.54, 1.807) is 50.2 Å². The van der Waals surface area contributed by atoms with Gasteiger partial charge in [-0.15, -0.1) is 0 Å². The van der Waals surface area contributed by atoms with Crippen LogP contribution in [0.2, 0.25) is 5.02 Å². The van der Waals surface area contributed by atoms with Gasteiger partial charge in [-0.25, -0.2) is 18.7 Å². The van der Waals surface area contributed by atoms with Crippen molar-refractivity contribution in [3.05, 3.63) is 64.2 Å². The number of aliphatic hydroxyl groups excluding tert-OH is 1. The smallest absolute Gasteiger partial charge is 0.351 e. The Hall–Kier alpha value is -2.85. The predicted molar refractivity (Wildman–Crippen MR) is 156 cm³/mol. The summed E-state index contributed by atoms with van der Waals surface area (Å²) in [6.07, 6.45) is -9.74. The van der Waals surface area contributed by atoms with Gasteiger partial charge in [0.1, 0.15) is 17.6 Å². The van der Waals surface area contributed by atoms with E-state index in [0.717, 1.165) is 0 Å². The van der Waals surface area contributed by atoms with Crippen LogP contribution in [0, 0.1) is 0 Å². The number of alkyl halides is 4. The molecule has 0 bridgehead atoms. The maximum atomic E-state index is 15.4. The van der Waals surface area contributed by atoms with Gasteiger partial charge in [-0.2, -0.15) is 13.8 Å². The molecule has 2 aromatic carbocycles. The van der Waals surface area contributed by atoms with Crippen LogP contribution in [0.25, 0.3) is 10.8 Å². The second-order valence-corrected chi connectivity index (χ2v) is 13.7. The number of benzene rings is 2. The topological polar surface area (TPSA) is 147 Å². The summed E-state index contributed by atoms with van der Waals surface area (Å²) in [7, 11) is 0. The van der Waals surface area contributed by atoms with E-state index in [1.807, 2.05) is 0 Å². The molecule has 44 heavy (non-hydrogen) atoms. The number of carbonyl (C=O) groups is 1. The third-order valence-corrected chi connectivity index (χ3v) is 9.29. The summed E-state index contributed by atoms with van der Waals surface area (Å²) >= 11 is 11.4. The molecule has 0 radical (unpaired) electrons. The number of carbonyl (C=O) groups excluding carboxylic acids is 1. The van der Waals surface area contributed by atoms with E-state index in [9.17, 15) is 23.5 Å². The molecule has 3 aromatic rings. The summed E-state index contributed by atoms with van der Waals surface area (Å²) < 4.78 is 82.1. The molecule has 4 rings (SSSR count). The molecule has 11 nitrogen and oxygen atoms in total. The van der Waals surface area contributed by atoms with Crippen LogP contribution in [0.1, 0.15) is 27.0 Å². The fourth-order valence-corrected chi connectivity index (χ4v) is 6.90. The lowest BCUT2D eigenvalue weighted by molar-refractivity contribution is -0.192. The Balaban J connectivity index is 1.72. The summed E-state index contributed by atoms with van der Waals surface area (Å²) in [5.74, 6) is -5.66. The Morgan fingerprint density at radius 1 is 1.25 bits per heavy atom. The van der Waals surface area contributed by atoms with Crippen molar-refractivity contribution < 1.29 is 46.0 Å². The van der Waals surface area contributed by atoms with Gasteiger partial charge in [0.2, 0.25) is 6.23 Å². The van der Waals surface area contributed by atoms with Crippen molar-refractivity contribution in [2.24, 2.45) is 0 Å². The zero-order valence-corrected chi connectivity index (χ0v) is 25.8. The molecule has 18 heteroatoms. The maximum Gasteiger partial charge on any atom is 0.351 e. The molecule has 0 aliphatic carbocycles. The fraction of sp³-hybridized carbons (Fsp3) is 0.423. The van der Waals surface area contributed by atoms with Gasteiger partial charge < -0.3 is 29.4 Å². The van der Waals surface area contributed by atoms with Gasteiger partial charge in [-0.1, -0.05) is 48.0 Å². The number of ether oxygens (including phenoxy) is 2. The number of hydrogen-bond acceptors (Lipinski definition) is 10. The molecule has 4 N–H and O–H groups in total. The van der Waals surface area contributed by atoms with Crippen molar-refractivity contribution in [2.75, 3.05) is 12.3 Å². The van der Waals surface area contributed by atoms with E-state index in [-0.39, 0.29) is 10.3 Å². The maximum absolute atomic E-state index is 15.4. The van der Waals surface area contributed by atoms with Crippen LogP contribution >= 0.6 is 18.2 Å². The number of aliphatic hydroxyl groups is 1. The molecular weight excluding hydrogens is 655 g/mol. The van der Waals surface area contributed by atoms with E-state index in [2.05, 4.69) is 10.1 Å². The zero-order chi connectivity index (χ0) is 32.6. The van der Waals surface area contributed by atoms with Crippen molar-refractivity contribution in [3.8, 4) is 5.75 Å². The summed E-state index contributed by atoms with van der Waals surface area (Å²) in [4.78, 5) is 28.2. The number of esters is 1. The summed E-state index contributed by atoms with van der Waals surface area (Å²) in [6.45, 7) is -1.05. The fourth-order valence-electron chi connectivity index (χ4n) is 4.33. The first kappa shape index (κ1) is 34.0. The number of nitrogens with two attached hydrogens (primary N) is 1. The Kier molecular flexibility index (Phi) is 9.95. The van der Waals surface area contributed by atoms with Crippen molar-refractivity contribution in [1.29, 1.82) is 0 Å². The zero-order valence-electron chi connectivity index (χ0n) is 23.3. The molecule has 0 amide bonds. The quantitative estimate of drug-likeness (QED) is 0.150. The lowest BCUT2D eigenvalue weighted by atomic mass is 9.96. The number of nitrogen functional groups attached to an aromatic ring is 1. The van der Waals surface area contributed by atoms with E-state index in [4.69, 9.17) is 47.7 Å². The first-order chi connectivity index (χ1) is 20.5. The molecule has 2 heterocycles. The Bertz CT molecular complexity index is 1650. The lowest BCUT2D eigenvalue weighted by Gasteiger charge is -2.34. The van der Waals surface area contributed by atoms with Gasteiger partial charge in [0.25, 0.3) is 6.43 Å². The average molecular weight is 683 g/mol. The molecule has 240 valence electrons. The largest absolute Gasteiger partial charge is 0.462 e. The molecule has 1 aromatic heterocycles. The molecule has 1 fully saturated rings. The minimum Gasteiger partial charge on any atom is -0.462 e. The lowest BCUT2D eigenvalue weighted by Crippen LogP contribution is -2.54. The minimum atomic E-state index is -4.49. The second kappa shape index (κ2) is 12.9. The predicted octanol–water partition coefficient (Wildman–Crippen LogP) is 4.41. The molecule has 1 saturated heterocycles. The number of aromatic nitrogens is 2. The number of nitrogens with one attached hydrogen (secondary N) is 1. The molecule has 0 saturated carbocycles. The van der Waals surface area contributed by atoms with E-state index in [0.29, 0.717) is 17.0 Å². The first-order valence-electron chi connectivity index (χ1n) is 13.0. The Morgan fingerprint density at radius 3 is 2.57 bits per heavy atom. The van der Waals surface area contributed by atoms with Crippen LogP contribution in [0.3, 0.4) is 0 Å². The summed E-state index contributed by atoms with van der Waals surface area (Å²) in [5, 5.41) is 14.0. The van der Waals surface area contributed by atoms with Crippen LogP contribution < -0.4 is 21.0 Å². The molecule has 1 aliphatic heterocycles. The second-order valence-electron chi connectivity index (χ2n) is 10.1. The number of fused-ring (bicyclic) bond motifs is 1. The number of anilines is 1. The molecule has 0 spiro atoms. The first-order valence-corrected chi connectivity index (χ1v) is 16.0. The number of rotatable bonds is 11.